The van der Waals surface area contributed by atoms with Crippen LogP contribution < -0.4 is 19.5 Å². The molecule has 3 aromatic rings. The van der Waals surface area contributed by atoms with E-state index in [9.17, 15) is 4.79 Å². The van der Waals surface area contributed by atoms with Gasteiger partial charge in [-0.25, -0.2) is 0 Å². The van der Waals surface area contributed by atoms with Crippen molar-refractivity contribution in [1.82, 2.24) is 10.2 Å². The molecule has 0 fully saturated rings. The average molecular weight is 459 g/mol. The summed E-state index contributed by atoms with van der Waals surface area (Å²) in [7, 11) is 4.74. The zero-order chi connectivity index (χ0) is 21.8. The van der Waals surface area contributed by atoms with Crippen molar-refractivity contribution >= 4 is 28.6 Å². The molecule has 2 aromatic heterocycles. The van der Waals surface area contributed by atoms with Crippen LogP contribution in [0.3, 0.4) is 0 Å². The molecule has 8 heteroatoms. The number of hydrogen-bond acceptors (Lipinski definition) is 7. The molecule has 1 N–H and O–H groups in total. The standard InChI is InChI=1S/C23H26N2O4S2/c1-27-17-11-15(12-18(28-2)23(17)29-3)13-24-21(26)14-25-8-6-19-16(7-10-31-19)22(25)20-5-4-9-30-20/h4-5,7,9-12,22H,6,8,13-14H2,1-3H3,(H,24,26). The van der Waals surface area contributed by atoms with Gasteiger partial charge in [-0.05, 0) is 52.6 Å². The van der Waals surface area contributed by atoms with Crippen LogP contribution in [0.5, 0.6) is 17.2 Å². The van der Waals surface area contributed by atoms with Crippen LogP contribution in [0.4, 0.5) is 0 Å². The van der Waals surface area contributed by atoms with Crippen molar-refractivity contribution in [3.8, 4) is 17.2 Å². The number of nitrogens with one attached hydrogen (secondary N) is 1. The number of carbonyl (C=O) groups is 1. The second-order valence-electron chi connectivity index (χ2n) is 7.25. The minimum atomic E-state index is -0.00557. The second kappa shape index (κ2) is 9.72. The van der Waals surface area contributed by atoms with Gasteiger partial charge < -0.3 is 19.5 Å². The maximum atomic E-state index is 12.8. The van der Waals surface area contributed by atoms with Crippen molar-refractivity contribution in [3.63, 3.8) is 0 Å². The Balaban J connectivity index is 1.45. The number of amides is 1. The Morgan fingerprint density at radius 2 is 1.87 bits per heavy atom. The van der Waals surface area contributed by atoms with Crippen LogP contribution in [0.2, 0.25) is 0 Å². The van der Waals surface area contributed by atoms with Gasteiger partial charge in [0, 0.05) is 22.8 Å². The van der Waals surface area contributed by atoms with Gasteiger partial charge in [-0.3, -0.25) is 9.69 Å². The monoisotopic (exact) mass is 458 g/mol. The molecule has 1 aromatic carbocycles. The van der Waals surface area contributed by atoms with E-state index in [0.29, 0.717) is 30.3 Å². The number of thiophene rings is 2. The molecule has 164 valence electrons. The Bertz CT molecular complexity index is 1010. The quantitative estimate of drug-likeness (QED) is 0.551. The number of rotatable bonds is 8. The lowest BCUT2D eigenvalue weighted by Gasteiger charge is -2.34. The highest BCUT2D eigenvalue weighted by atomic mass is 32.1. The van der Waals surface area contributed by atoms with E-state index in [-0.39, 0.29) is 11.9 Å². The van der Waals surface area contributed by atoms with E-state index in [1.54, 1.807) is 32.7 Å². The van der Waals surface area contributed by atoms with Crippen molar-refractivity contribution in [2.45, 2.75) is 19.0 Å². The van der Waals surface area contributed by atoms with Crippen LogP contribution in [0.15, 0.2) is 41.1 Å². The third-order valence-electron chi connectivity index (χ3n) is 5.44. The van der Waals surface area contributed by atoms with E-state index in [2.05, 4.69) is 39.2 Å². The predicted octanol–water partition coefficient (Wildman–Crippen LogP) is 4.10. The maximum Gasteiger partial charge on any atom is 0.234 e. The van der Waals surface area contributed by atoms with Crippen molar-refractivity contribution in [2.24, 2.45) is 0 Å². The van der Waals surface area contributed by atoms with Gasteiger partial charge in [0.1, 0.15) is 0 Å². The lowest BCUT2D eigenvalue weighted by molar-refractivity contribution is -0.122. The van der Waals surface area contributed by atoms with Crippen molar-refractivity contribution < 1.29 is 19.0 Å². The van der Waals surface area contributed by atoms with Crippen LogP contribution in [0.1, 0.15) is 26.9 Å². The largest absolute Gasteiger partial charge is 0.493 e. The first kappa shape index (κ1) is 21.7. The molecule has 6 nitrogen and oxygen atoms in total. The minimum absolute atomic E-state index is 0.00557. The van der Waals surface area contributed by atoms with Gasteiger partial charge in [0.25, 0.3) is 0 Å². The first-order valence-corrected chi connectivity index (χ1v) is 11.8. The van der Waals surface area contributed by atoms with Gasteiger partial charge in [-0.15, -0.1) is 22.7 Å². The van der Waals surface area contributed by atoms with Gasteiger partial charge in [0.15, 0.2) is 11.5 Å². The Kier molecular flexibility index (Phi) is 6.80. The Morgan fingerprint density at radius 3 is 2.52 bits per heavy atom. The molecule has 0 spiro atoms. The molecule has 1 unspecified atom stereocenters. The minimum Gasteiger partial charge on any atom is -0.493 e. The van der Waals surface area contributed by atoms with E-state index in [0.717, 1.165) is 18.5 Å². The number of benzene rings is 1. The number of nitrogens with zero attached hydrogens (tertiary/aromatic N) is 1. The Hall–Kier alpha value is -2.55. The highest BCUT2D eigenvalue weighted by molar-refractivity contribution is 7.10. The van der Waals surface area contributed by atoms with Gasteiger partial charge in [0.2, 0.25) is 11.7 Å². The third-order valence-corrected chi connectivity index (χ3v) is 7.36. The molecular formula is C23H26N2O4S2. The summed E-state index contributed by atoms with van der Waals surface area (Å²) in [5.41, 5.74) is 2.22. The van der Waals surface area contributed by atoms with Gasteiger partial charge >= 0.3 is 0 Å². The molecule has 3 heterocycles. The molecule has 1 aliphatic heterocycles. The molecule has 1 amide bonds. The third kappa shape index (κ3) is 4.56. The molecule has 31 heavy (non-hydrogen) atoms. The number of carbonyl (C=O) groups excluding carboxylic acids is 1. The summed E-state index contributed by atoms with van der Waals surface area (Å²) in [5.74, 6) is 1.68. The summed E-state index contributed by atoms with van der Waals surface area (Å²) in [4.78, 5) is 17.8. The normalized spacial score (nSPS) is 15.9. The zero-order valence-electron chi connectivity index (χ0n) is 17.8. The van der Waals surface area contributed by atoms with E-state index in [1.807, 2.05) is 23.5 Å². The highest BCUT2D eigenvalue weighted by Crippen LogP contribution is 2.40. The molecular weight excluding hydrogens is 432 g/mol. The number of methoxy groups -OCH3 is 3. The lowest BCUT2D eigenvalue weighted by Crippen LogP contribution is -2.42. The fraction of sp³-hybridized carbons (Fsp3) is 0.348. The zero-order valence-corrected chi connectivity index (χ0v) is 19.5. The van der Waals surface area contributed by atoms with Crippen LogP contribution in [0, 0.1) is 0 Å². The summed E-state index contributed by atoms with van der Waals surface area (Å²) >= 11 is 3.55. The first-order chi connectivity index (χ1) is 15.1. The molecule has 0 aliphatic carbocycles. The summed E-state index contributed by atoms with van der Waals surface area (Å²) in [5, 5.41) is 7.29. The smallest absolute Gasteiger partial charge is 0.234 e. The second-order valence-corrected chi connectivity index (χ2v) is 9.23. The topological polar surface area (TPSA) is 60.0 Å². The fourth-order valence-corrected chi connectivity index (χ4v) is 5.78. The van der Waals surface area contributed by atoms with E-state index < -0.39 is 0 Å². The number of fused-ring (bicyclic) bond motifs is 1. The van der Waals surface area contributed by atoms with E-state index in [1.165, 1.54) is 15.3 Å². The van der Waals surface area contributed by atoms with Crippen molar-refractivity contribution in [3.05, 3.63) is 62.0 Å². The molecule has 0 saturated heterocycles. The van der Waals surface area contributed by atoms with Crippen LogP contribution in [0.25, 0.3) is 0 Å². The molecule has 0 bridgehead atoms. The fourth-order valence-electron chi connectivity index (χ4n) is 4.00. The maximum absolute atomic E-state index is 12.8. The molecule has 0 saturated carbocycles. The highest BCUT2D eigenvalue weighted by Gasteiger charge is 2.31. The summed E-state index contributed by atoms with van der Waals surface area (Å²) < 4.78 is 16.2. The summed E-state index contributed by atoms with van der Waals surface area (Å²) in [6.07, 6.45) is 0.981. The van der Waals surface area contributed by atoms with E-state index in [4.69, 9.17) is 14.2 Å². The van der Waals surface area contributed by atoms with Crippen LogP contribution in [-0.4, -0.2) is 45.2 Å². The molecule has 1 atom stereocenters. The Morgan fingerprint density at radius 1 is 1.10 bits per heavy atom. The van der Waals surface area contributed by atoms with Crippen molar-refractivity contribution in [2.75, 3.05) is 34.4 Å². The van der Waals surface area contributed by atoms with Gasteiger partial charge in [-0.2, -0.15) is 0 Å². The first-order valence-electron chi connectivity index (χ1n) is 10.0. The molecule has 0 radical (unpaired) electrons. The summed E-state index contributed by atoms with van der Waals surface area (Å²) in [6, 6.07) is 10.3. The predicted molar refractivity (Wildman–Crippen MR) is 124 cm³/mol. The molecule has 4 rings (SSSR count). The van der Waals surface area contributed by atoms with Gasteiger partial charge in [-0.1, -0.05) is 6.07 Å². The Labute approximate surface area is 190 Å². The van der Waals surface area contributed by atoms with Crippen LogP contribution >= 0.6 is 22.7 Å². The van der Waals surface area contributed by atoms with Gasteiger partial charge in [0.05, 0.1) is 33.9 Å². The van der Waals surface area contributed by atoms with Crippen LogP contribution in [-0.2, 0) is 17.8 Å². The van der Waals surface area contributed by atoms with E-state index >= 15 is 0 Å². The molecule has 1 aliphatic rings. The SMILES string of the molecule is COc1cc(CNC(=O)CN2CCc3sccc3C2c2cccs2)cc(OC)c1OC. The lowest BCUT2D eigenvalue weighted by atomic mass is 9.98. The number of ether oxygens (including phenoxy) is 3. The van der Waals surface area contributed by atoms with Crippen molar-refractivity contribution in [1.29, 1.82) is 0 Å². The average Bonchev–Trinajstić information content (AvgIpc) is 3.48. The summed E-state index contributed by atoms with van der Waals surface area (Å²) in [6.45, 7) is 1.60. The number of hydrogen-bond donors (Lipinski definition) is 1.